The quantitative estimate of drug-likeness (QED) is 0.302. The summed E-state index contributed by atoms with van der Waals surface area (Å²) in [4.78, 5) is 24.0. The van der Waals surface area contributed by atoms with E-state index in [2.05, 4.69) is 15.8 Å². The number of nitrogens with zero attached hydrogens (tertiary/aromatic N) is 4. The number of likely N-dealkylation sites (N-methyl/N-ethyl adjacent to an activating group) is 1. The van der Waals surface area contributed by atoms with E-state index >= 15 is 0 Å². The Morgan fingerprint density at radius 2 is 2.10 bits per heavy atom. The van der Waals surface area contributed by atoms with Crippen molar-refractivity contribution in [1.29, 1.82) is 0 Å². The molecule has 0 radical (unpaired) electrons. The molecule has 1 fully saturated rings. The lowest BCUT2D eigenvalue weighted by Crippen LogP contribution is -2.52. The van der Waals surface area contributed by atoms with Crippen molar-refractivity contribution in [2.75, 3.05) is 58.4 Å². The van der Waals surface area contributed by atoms with Crippen LogP contribution in [0.5, 0.6) is 5.75 Å². The monoisotopic (exact) mass is 588 g/mol. The van der Waals surface area contributed by atoms with E-state index in [1.807, 2.05) is 20.8 Å². The first-order valence-corrected chi connectivity index (χ1v) is 13.9. The van der Waals surface area contributed by atoms with E-state index in [4.69, 9.17) is 40.3 Å². The molecule has 3 N–H and O–H groups in total. The van der Waals surface area contributed by atoms with Gasteiger partial charge in [0, 0.05) is 30.8 Å². The fourth-order valence-electron chi connectivity index (χ4n) is 4.61. The van der Waals surface area contributed by atoms with Crippen molar-refractivity contribution in [3.05, 3.63) is 40.2 Å². The lowest BCUT2D eigenvalue weighted by Gasteiger charge is -2.35. The second kappa shape index (κ2) is 13.9. The van der Waals surface area contributed by atoms with Gasteiger partial charge < -0.3 is 34.5 Å². The van der Waals surface area contributed by atoms with Crippen LogP contribution in [0.1, 0.15) is 23.9 Å². The van der Waals surface area contributed by atoms with Crippen LogP contribution >= 0.6 is 11.6 Å². The van der Waals surface area contributed by atoms with Gasteiger partial charge in [0.1, 0.15) is 30.0 Å². The molecule has 2 aromatic heterocycles. The molecule has 1 amide bonds. The van der Waals surface area contributed by atoms with Gasteiger partial charge in [-0.2, -0.15) is 0 Å². The number of nitrogens with one attached hydrogen (secondary N) is 2. The Bertz CT molecular complexity index is 1330. The van der Waals surface area contributed by atoms with E-state index in [1.165, 1.54) is 0 Å². The number of morpholine rings is 1. The Balaban J connectivity index is 1.70. The van der Waals surface area contributed by atoms with Gasteiger partial charge >= 0.3 is 6.09 Å². The maximum absolute atomic E-state index is 12.5. The summed E-state index contributed by atoms with van der Waals surface area (Å²) in [6.07, 6.45) is -1.04. The minimum atomic E-state index is -0.672. The third-order valence-corrected chi connectivity index (χ3v) is 7.04. The van der Waals surface area contributed by atoms with Crippen molar-refractivity contribution in [3.8, 4) is 28.4 Å². The van der Waals surface area contributed by atoms with E-state index in [0.717, 1.165) is 11.1 Å². The molecule has 0 spiro atoms. The summed E-state index contributed by atoms with van der Waals surface area (Å²) in [5.74, 6) is 2.06. The molecule has 1 saturated heterocycles. The van der Waals surface area contributed by atoms with Crippen LogP contribution < -0.4 is 15.4 Å². The predicted octanol–water partition coefficient (Wildman–Crippen LogP) is 3.61. The number of hydrogen-bond donors (Lipinski definition) is 3. The molecule has 0 aliphatic carbocycles. The second-order valence-electron chi connectivity index (χ2n) is 9.73. The number of aliphatic hydroxyl groups excluding tert-OH is 1. The Hall–Kier alpha value is -3.45. The summed E-state index contributed by atoms with van der Waals surface area (Å²) in [5.41, 5.74) is 3.43. The molecule has 1 aliphatic rings. The van der Waals surface area contributed by atoms with Crippen LogP contribution in [0.4, 0.5) is 10.6 Å². The summed E-state index contributed by atoms with van der Waals surface area (Å²) in [6, 6.07) is 4.93. The number of amides is 1. The van der Waals surface area contributed by atoms with Gasteiger partial charge in [-0.15, -0.1) is 0 Å². The fourth-order valence-corrected chi connectivity index (χ4v) is 4.81. The average molecular weight is 589 g/mol. The number of benzene rings is 1. The van der Waals surface area contributed by atoms with Gasteiger partial charge in [0.15, 0.2) is 5.82 Å². The van der Waals surface area contributed by atoms with Crippen LogP contribution in [0.15, 0.2) is 22.7 Å². The summed E-state index contributed by atoms with van der Waals surface area (Å²) < 4.78 is 22.2. The summed E-state index contributed by atoms with van der Waals surface area (Å²) in [5, 5.41) is 20.9. The number of carbonyl (C=O) groups excluding carboxylic acids is 1. The molecule has 222 valence electrons. The first-order valence-electron chi connectivity index (χ1n) is 13.6. The zero-order valence-corrected chi connectivity index (χ0v) is 24.7. The molecule has 41 heavy (non-hydrogen) atoms. The highest BCUT2D eigenvalue weighted by atomic mass is 35.5. The Morgan fingerprint density at radius 1 is 1.29 bits per heavy atom. The average Bonchev–Trinajstić information content (AvgIpc) is 3.29. The number of aliphatic hydroxyl groups is 1. The van der Waals surface area contributed by atoms with Crippen LogP contribution in [0, 0.1) is 20.8 Å². The molecule has 0 bridgehead atoms. The standard InChI is InChI=1S/C28H37ClN6O6/c1-6-39-28(37)35-9-10-38-14-19(35)12-31-26-16(2)25(24-17(3)34-41-18(24)4)32-27(33-26)22-11-21(7-8-23(22)29)40-15-20(36)13-30-5/h7-8,11,19-20,30,36H,6,9-10,12-15H2,1-5H3,(H,31,32,33). The van der Waals surface area contributed by atoms with E-state index in [-0.39, 0.29) is 18.7 Å². The van der Waals surface area contributed by atoms with Crippen LogP contribution in [0.3, 0.4) is 0 Å². The van der Waals surface area contributed by atoms with Gasteiger partial charge in [0.2, 0.25) is 0 Å². The molecular weight excluding hydrogens is 552 g/mol. The van der Waals surface area contributed by atoms with E-state index in [9.17, 15) is 9.90 Å². The Labute approximate surface area is 244 Å². The lowest BCUT2D eigenvalue weighted by molar-refractivity contribution is -0.00379. The van der Waals surface area contributed by atoms with E-state index < -0.39 is 6.10 Å². The van der Waals surface area contributed by atoms with Crippen LogP contribution in [0.25, 0.3) is 22.6 Å². The highest BCUT2D eigenvalue weighted by Gasteiger charge is 2.29. The van der Waals surface area contributed by atoms with Gasteiger partial charge in [-0.25, -0.2) is 14.8 Å². The number of aryl methyl sites for hydroxylation is 2. The number of aromatic nitrogens is 3. The van der Waals surface area contributed by atoms with Crippen molar-refractivity contribution < 1.29 is 28.6 Å². The van der Waals surface area contributed by atoms with E-state index in [0.29, 0.717) is 84.6 Å². The first-order chi connectivity index (χ1) is 19.7. The first kappa shape index (κ1) is 30.5. The fraction of sp³-hybridized carbons (Fsp3) is 0.500. The Kier molecular flexibility index (Phi) is 10.4. The summed E-state index contributed by atoms with van der Waals surface area (Å²) >= 11 is 6.64. The van der Waals surface area contributed by atoms with Gasteiger partial charge in [-0.05, 0) is 52.9 Å². The highest BCUT2D eigenvalue weighted by molar-refractivity contribution is 6.33. The molecule has 4 rings (SSSR count). The lowest BCUT2D eigenvalue weighted by atomic mass is 10.0. The molecular formula is C28H37ClN6O6. The van der Waals surface area contributed by atoms with E-state index in [1.54, 1.807) is 37.1 Å². The SMILES string of the molecule is CCOC(=O)N1CCOCC1CNc1nc(-c2cc(OCC(O)CNC)ccc2Cl)nc(-c2c(C)noc2C)c1C. The topological polar surface area (TPSA) is 144 Å². The smallest absolute Gasteiger partial charge is 0.410 e. The maximum atomic E-state index is 12.5. The number of anilines is 1. The molecule has 12 nitrogen and oxygen atoms in total. The van der Waals surface area contributed by atoms with Crippen LogP contribution in [-0.4, -0.2) is 96.5 Å². The zero-order chi connectivity index (χ0) is 29.5. The molecule has 1 aromatic carbocycles. The number of hydrogen-bond acceptors (Lipinski definition) is 11. The number of carbonyl (C=O) groups is 1. The largest absolute Gasteiger partial charge is 0.491 e. The van der Waals surface area contributed by atoms with Gasteiger partial charge in [0.05, 0.1) is 47.8 Å². The van der Waals surface area contributed by atoms with Crippen molar-refractivity contribution in [2.24, 2.45) is 0 Å². The van der Waals surface area contributed by atoms with Crippen LogP contribution in [-0.2, 0) is 9.47 Å². The second-order valence-corrected chi connectivity index (χ2v) is 10.1. The third kappa shape index (κ3) is 7.25. The molecule has 2 atom stereocenters. The van der Waals surface area contributed by atoms with Gasteiger partial charge in [-0.1, -0.05) is 16.8 Å². The third-order valence-electron chi connectivity index (χ3n) is 6.71. The normalized spacial score (nSPS) is 16.0. The number of halogens is 1. The maximum Gasteiger partial charge on any atom is 0.410 e. The zero-order valence-electron chi connectivity index (χ0n) is 24.0. The molecule has 13 heteroatoms. The molecule has 3 aromatic rings. The number of rotatable bonds is 11. The van der Waals surface area contributed by atoms with Crippen molar-refractivity contribution in [1.82, 2.24) is 25.3 Å². The molecule has 0 saturated carbocycles. The predicted molar refractivity (Wildman–Crippen MR) is 154 cm³/mol. The number of ether oxygens (including phenoxy) is 3. The minimum Gasteiger partial charge on any atom is -0.491 e. The van der Waals surface area contributed by atoms with Crippen LogP contribution in [0.2, 0.25) is 5.02 Å². The Morgan fingerprint density at radius 3 is 2.80 bits per heavy atom. The highest BCUT2D eigenvalue weighted by Crippen LogP contribution is 2.36. The summed E-state index contributed by atoms with van der Waals surface area (Å²) in [7, 11) is 1.76. The molecule has 2 unspecified atom stereocenters. The van der Waals surface area contributed by atoms with Gasteiger partial charge in [0.25, 0.3) is 0 Å². The minimum absolute atomic E-state index is 0.105. The molecule has 3 heterocycles. The molecule has 1 aliphatic heterocycles. The van der Waals surface area contributed by atoms with Gasteiger partial charge in [-0.3, -0.25) is 4.90 Å². The van der Waals surface area contributed by atoms with Crippen molar-refractivity contribution in [3.63, 3.8) is 0 Å². The van der Waals surface area contributed by atoms with Crippen molar-refractivity contribution in [2.45, 2.75) is 39.8 Å². The van der Waals surface area contributed by atoms with Crippen molar-refractivity contribution >= 4 is 23.5 Å². The summed E-state index contributed by atoms with van der Waals surface area (Å²) in [6.45, 7) is 9.81.